The molecule has 1 aromatic carbocycles. The largest absolute Gasteiger partial charge is 0.328 e. The van der Waals surface area contributed by atoms with Crippen LogP contribution in [0.25, 0.3) is 0 Å². The molecule has 0 aromatic heterocycles. The van der Waals surface area contributed by atoms with E-state index in [2.05, 4.69) is 4.31 Å². The first-order valence-corrected chi connectivity index (χ1v) is 6.84. The Bertz CT molecular complexity index is 363. The monoisotopic (exact) mass is 274 g/mol. The van der Waals surface area contributed by atoms with E-state index in [9.17, 15) is 4.39 Å². The fourth-order valence-corrected chi connectivity index (χ4v) is 2.87. The number of nitrogens with zero attached hydrogens (tertiary/aromatic N) is 1. The van der Waals surface area contributed by atoms with E-state index in [4.69, 9.17) is 17.3 Å². The van der Waals surface area contributed by atoms with Crippen molar-refractivity contribution in [2.24, 2.45) is 5.73 Å². The average molecular weight is 275 g/mol. The minimum Gasteiger partial charge on any atom is -0.328 e. The van der Waals surface area contributed by atoms with Crippen LogP contribution in [0.2, 0.25) is 5.02 Å². The van der Waals surface area contributed by atoms with Crippen molar-refractivity contribution >= 4 is 23.5 Å². The lowest BCUT2D eigenvalue weighted by Gasteiger charge is -2.34. The Kier molecular flexibility index (Phi) is 4.31. The molecule has 1 fully saturated rings. The second kappa shape index (κ2) is 5.57. The van der Waals surface area contributed by atoms with Crippen molar-refractivity contribution in [2.45, 2.75) is 23.4 Å². The lowest BCUT2D eigenvalue weighted by molar-refractivity contribution is 0.101. The molecule has 1 saturated heterocycles. The molecule has 0 saturated carbocycles. The maximum Gasteiger partial charge on any atom is 0.125 e. The number of hydrogen-bond donors (Lipinski definition) is 1. The van der Waals surface area contributed by atoms with E-state index in [0.717, 1.165) is 23.0 Å². The van der Waals surface area contributed by atoms with E-state index in [0.29, 0.717) is 12.8 Å². The quantitative estimate of drug-likeness (QED) is 0.859. The van der Waals surface area contributed by atoms with Gasteiger partial charge in [-0.25, -0.2) is 8.70 Å². The van der Waals surface area contributed by atoms with Gasteiger partial charge in [0.05, 0.1) is 0 Å². The van der Waals surface area contributed by atoms with Gasteiger partial charge in [0.25, 0.3) is 0 Å². The second-order valence-corrected chi connectivity index (χ2v) is 5.94. The zero-order chi connectivity index (χ0) is 12.3. The molecular weight excluding hydrogens is 259 g/mol. The highest BCUT2D eigenvalue weighted by Crippen LogP contribution is 2.32. The molecule has 0 bridgehead atoms. The highest BCUT2D eigenvalue weighted by molar-refractivity contribution is 7.97. The van der Waals surface area contributed by atoms with E-state index in [1.54, 1.807) is 11.9 Å². The van der Waals surface area contributed by atoms with Crippen molar-refractivity contribution < 1.29 is 4.39 Å². The summed E-state index contributed by atoms with van der Waals surface area (Å²) in [6.45, 7) is 1.61. The Labute approximate surface area is 110 Å². The maximum absolute atomic E-state index is 13.9. The topological polar surface area (TPSA) is 29.3 Å². The number of benzene rings is 1. The highest BCUT2D eigenvalue weighted by Gasteiger charge is 2.33. The van der Waals surface area contributed by atoms with Crippen LogP contribution in [0.5, 0.6) is 0 Å². The van der Waals surface area contributed by atoms with Gasteiger partial charge in [-0.15, -0.1) is 0 Å². The van der Waals surface area contributed by atoms with Crippen molar-refractivity contribution in [3.8, 4) is 0 Å². The van der Waals surface area contributed by atoms with Crippen LogP contribution in [0.1, 0.15) is 12.8 Å². The maximum atomic E-state index is 13.9. The molecule has 1 aromatic rings. The van der Waals surface area contributed by atoms with Gasteiger partial charge < -0.3 is 5.73 Å². The summed E-state index contributed by atoms with van der Waals surface area (Å²) in [5, 5.41) is 0.735. The standard InChI is InChI=1S/C12H16ClFN2S/c13-10-1-3-11(4-2-10)17-16-7-5-12(14,9-15)6-8-16/h1-4H,5-9,15H2. The third-order valence-corrected chi connectivity index (χ3v) is 4.39. The molecule has 94 valence electrons. The summed E-state index contributed by atoms with van der Waals surface area (Å²) in [5.41, 5.74) is 4.28. The molecule has 0 unspecified atom stereocenters. The molecular formula is C12H16ClFN2S. The molecule has 17 heavy (non-hydrogen) atoms. The summed E-state index contributed by atoms with van der Waals surface area (Å²) < 4.78 is 16.1. The molecule has 1 aliphatic rings. The summed E-state index contributed by atoms with van der Waals surface area (Å²) in [7, 11) is 0. The third-order valence-electron chi connectivity index (χ3n) is 3.03. The summed E-state index contributed by atoms with van der Waals surface area (Å²) in [6, 6.07) is 7.70. The minimum atomic E-state index is -1.16. The molecule has 2 N–H and O–H groups in total. The summed E-state index contributed by atoms with van der Waals surface area (Å²) in [6.07, 6.45) is 1.04. The van der Waals surface area contributed by atoms with Crippen molar-refractivity contribution in [2.75, 3.05) is 19.6 Å². The van der Waals surface area contributed by atoms with Crippen LogP contribution in [0.3, 0.4) is 0 Å². The zero-order valence-electron chi connectivity index (χ0n) is 9.53. The number of nitrogens with two attached hydrogens (primary N) is 1. The number of alkyl halides is 1. The van der Waals surface area contributed by atoms with Crippen molar-refractivity contribution in [3.05, 3.63) is 29.3 Å². The fourth-order valence-electron chi connectivity index (χ4n) is 1.83. The van der Waals surface area contributed by atoms with Crippen LogP contribution in [-0.4, -0.2) is 29.6 Å². The van der Waals surface area contributed by atoms with Crippen molar-refractivity contribution in [3.63, 3.8) is 0 Å². The van der Waals surface area contributed by atoms with Gasteiger partial charge in [0.1, 0.15) is 5.67 Å². The first-order chi connectivity index (χ1) is 8.11. The van der Waals surface area contributed by atoms with Crippen LogP contribution in [0.15, 0.2) is 29.2 Å². The van der Waals surface area contributed by atoms with Gasteiger partial charge >= 0.3 is 0 Å². The summed E-state index contributed by atoms with van der Waals surface area (Å²) >= 11 is 7.48. The van der Waals surface area contributed by atoms with Crippen LogP contribution in [-0.2, 0) is 0 Å². The number of hydrogen-bond acceptors (Lipinski definition) is 3. The molecule has 0 radical (unpaired) electrons. The summed E-state index contributed by atoms with van der Waals surface area (Å²) in [5.74, 6) is 0. The number of halogens is 2. The zero-order valence-corrected chi connectivity index (χ0v) is 11.1. The van der Waals surface area contributed by atoms with E-state index in [1.807, 2.05) is 24.3 Å². The summed E-state index contributed by atoms with van der Waals surface area (Å²) in [4.78, 5) is 1.13. The first kappa shape index (κ1) is 13.1. The lowest BCUT2D eigenvalue weighted by Crippen LogP contribution is -2.43. The number of rotatable bonds is 3. The van der Waals surface area contributed by atoms with Gasteiger partial charge in [0, 0.05) is 29.6 Å². The average Bonchev–Trinajstić information content (AvgIpc) is 2.35. The van der Waals surface area contributed by atoms with E-state index < -0.39 is 5.67 Å². The predicted octanol–water partition coefficient (Wildman–Crippen LogP) is 3.11. The van der Waals surface area contributed by atoms with E-state index in [1.165, 1.54) is 0 Å². The van der Waals surface area contributed by atoms with Crippen LogP contribution < -0.4 is 5.73 Å². The normalized spacial score (nSPS) is 20.4. The van der Waals surface area contributed by atoms with Crippen molar-refractivity contribution in [1.82, 2.24) is 4.31 Å². The van der Waals surface area contributed by atoms with Crippen LogP contribution >= 0.6 is 23.5 Å². The molecule has 2 rings (SSSR count). The first-order valence-electron chi connectivity index (χ1n) is 5.69. The van der Waals surface area contributed by atoms with Crippen LogP contribution in [0, 0.1) is 0 Å². The second-order valence-electron chi connectivity index (χ2n) is 4.33. The SMILES string of the molecule is NCC1(F)CCN(Sc2ccc(Cl)cc2)CC1. The highest BCUT2D eigenvalue weighted by atomic mass is 35.5. The molecule has 1 heterocycles. The van der Waals surface area contributed by atoms with Gasteiger partial charge in [0.2, 0.25) is 0 Å². The Morgan fingerprint density at radius 1 is 1.29 bits per heavy atom. The van der Waals surface area contributed by atoms with Gasteiger partial charge in [-0.1, -0.05) is 11.6 Å². The minimum absolute atomic E-state index is 0.131. The van der Waals surface area contributed by atoms with Gasteiger partial charge in [-0.3, -0.25) is 0 Å². The van der Waals surface area contributed by atoms with Gasteiger partial charge in [-0.05, 0) is 49.1 Å². The Morgan fingerprint density at radius 2 is 1.88 bits per heavy atom. The molecule has 0 aliphatic carbocycles. The molecule has 0 spiro atoms. The van der Waals surface area contributed by atoms with E-state index >= 15 is 0 Å². The van der Waals surface area contributed by atoms with Crippen LogP contribution in [0.4, 0.5) is 4.39 Å². The third kappa shape index (κ3) is 3.58. The molecule has 0 atom stereocenters. The molecule has 5 heteroatoms. The molecule has 2 nitrogen and oxygen atoms in total. The van der Waals surface area contributed by atoms with Gasteiger partial charge in [-0.2, -0.15) is 0 Å². The number of piperidine rings is 1. The Morgan fingerprint density at radius 3 is 2.41 bits per heavy atom. The molecule has 0 amide bonds. The predicted molar refractivity (Wildman–Crippen MR) is 71.0 cm³/mol. The van der Waals surface area contributed by atoms with Gasteiger partial charge in [0.15, 0.2) is 0 Å². The lowest BCUT2D eigenvalue weighted by atomic mass is 9.95. The fraction of sp³-hybridized carbons (Fsp3) is 0.500. The molecule has 1 aliphatic heterocycles. The Hall–Kier alpha value is -0.290. The Balaban J connectivity index is 1.88. The van der Waals surface area contributed by atoms with E-state index in [-0.39, 0.29) is 6.54 Å². The van der Waals surface area contributed by atoms with Crippen molar-refractivity contribution in [1.29, 1.82) is 0 Å². The smallest absolute Gasteiger partial charge is 0.125 e.